The normalized spacial score (nSPS) is 13.1. The molecule has 2 atom stereocenters. The van der Waals surface area contributed by atoms with Gasteiger partial charge in [-0.05, 0) is 54.8 Å². The second-order valence-corrected chi connectivity index (χ2v) is 8.04. The van der Waals surface area contributed by atoms with Crippen LogP contribution in [0.25, 0.3) is 0 Å². The lowest BCUT2D eigenvalue weighted by Gasteiger charge is -2.25. The molecule has 0 amide bonds. The van der Waals surface area contributed by atoms with Gasteiger partial charge in [0.05, 0.1) is 6.04 Å². The molecule has 0 aromatic heterocycles. The van der Waals surface area contributed by atoms with Crippen molar-refractivity contribution in [3.63, 3.8) is 0 Å². The molecule has 33 heavy (non-hydrogen) atoms. The Morgan fingerprint density at radius 2 is 1.52 bits per heavy atom. The van der Waals surface area contributed by atoms with Gasteiger partial charge in [0.15, 0.2) is 17.4 Å². The Balaban J connectivity index is 1.68. The SMILES string of the molecule is Cc1ccc(C(NC(C)c2ccc(F)c(F)c2)c2cccc(Nc3c(O)c(=O)c3=O)c2)cc1. The zero-order valence-corrected chi connectivity index (χ0v) is 18.0. The summed E-state index contributed by atoms with van der Waals surface area (Å²) < 4.78 is 27.2. The van der Waals surface area contributed by atoms with E-state index in [1.165, 1.54) is 12.1 Å². The van der Waals surface area contributed by atoms with E-state index < -0.39 is 28.2 Å². The first kappa shape index (κ1) is 22.4. The zero-order valence-electron chi connectivity index (χ0n) is 18.0. The molecular weight excluding hydrogens is 426 g/mol. The van der Waals surface area contributed by atoms with Crippen LogP contribution in [-0.2, 0) is 0 Å². The molecule has 5 nitrogen and oxygen atoms in total. The van der Waals surface area contributed by atoms with Gasteiger partial charge in [-0.2, -0.15) is 0 Å². The van der Waals surface area contributed by atoms with Gasteiger partial charge in [-0.1, -0.05) is 48.0 Å². The van der Waals surface area contributed by atoms with E-state index in [0.29, 0.717) is 11.3 Å². The van der Waals surface area contributed by atoms with Gasteiger partial charge < -0.3 is 10.4 Å². The topological polar surface area (TPSA) is 78.4 Å². The van der Waals surface area contributed by atoms with Gasteiger partial charge >= 0.3 is 0 Å². The van der Waals surface area contributed by atoms with E-state index in [4.69, 9.17) is 0 Å². The lowest BCUT2D eigenvalue weighted by Crippen LogP contribution is -2.32. The fourth-order valence-electron chi connectivity index (χ4n) is 3.71. The van der Waals surface area contributed by atoms with Crippen molar-refractivity contribution in [1.82, 2.24) is 5.32 Å². The number of hydrogen-bond donors (Lipinski definition) is 3. The predicted molar refractivity (Wildman–Crippen MR) is 124 cm³/mol. The summed E-state index contributed by atoms with van der Waals surface area (Å²) in [5.74, 6) is -2.39. The molecule has 0 saturated heterocycles. The summed E-state index contributed by atoms with van der Waals surface area (Å²) in [7, 11) is 0. The summed E-state index contributed by atoms with van der Waals surface area (Å²) in [6.07, 6.45) is 0. The Bertz CT molecular complexity index is 1380. The fraction of sp³-hybridized carbons (Fsp3) is 0.154. The predicted octanol–water partition coefficient (Wildman–Crippen LogP) is 4.76. The van der Waals surface area contributed by atoms with Crippen LogP contribution < -0.4 is 21.5 Å². The van der Waals surface area contributed by atoms with Crippen molar-refractivity contribution in [2.75, 3.05) is 5.32 Å². The highest BCUT2D eigenvalue weighted by molar-refractivity contribution is 5.69. The number of halogens is 2. The molecule has 7 heteroatoms. The van der Waals surface area contributed by atoms with Crippen molar-refractivity contribution >= 4 is 11.4 Å². The van der Waals surface area contributed by atoms with Crippen LogP contribution in [0.3, 0.4) is 0 Å². The maximum Gasteiger partial charge on any atom is 0.271 e. The van der Waals surface area contributed by atoms with Gasteiger partial charge in [0.25, 0.3) is 10.9 Å². The average molecular weight is 448 g/mol. The minimum absolute atomic E-state index is 0.132. The van der Waals surface area contributed by atoms with Crippen molar-refractivity contribution in [3.05, 3.63) is 121 Å². The summed E-state index contributed by atoms with van der Waals surface area (Å²) in [6, 6.07) is 18.3. The lowest BCUT2D eigenvalue weighted by molar-refractivity contribution is 0.466. The van der Waals surface area contributed by atoms with Crippen LogP contribution in [0.2, 0.25) is 0 Å². The second kappa shape index (κ2) is 8.96. The number of benzene rings is 3. The van der Waals surface area contributed by atoms with Gasteiger partial charge in [-0.15, -0.1) is 0 Å². The van der Waals surface area contributed by atoms with Crippen molar-refractivity contribution in [2.24, 2.45) is 0 Å². The van der Waals surface area contributed by atoms with Crippen LogP contribution >= 0.6 is 0 Å². The third-order valence-corrected chi connectivity index (χ3v) is 5.65. The van der Waals surface area contributed by atoms with Crippen LogP contribution in [0, 0.1) is 18.6 Å². The number of aryl methyl sites for hydroxylation is 1. The fourth-order valence-corrected chi connectivity index (χ4v) is 3.71. The van der Waals surface area contributed by atoms with Gasteiger partial charge in [-0.25, -0.2) is 8.78 Å². The van der Waals surface area contributed by atoms with E-state index in [9.17, 15) is 23.5 Å². The molecule has 0 heterocycles. The Labute approximate surface area is 189 Å². The molecular formula is C26H22F2N2O3. The summed E-state index contributed by atoms with van der Waals surface area (Å²) in [5.41, 5.74) is 2.18. The van der Waals surface area contributed by atoms with Gasteiger partial charge in [-0.3, -0.25) is 14.9 Å². The van der Waals surface area contributed by atoms with E-state index in [1.807, 2.05) is 44.2 Å². The van der Waals surface area contributed by atoms with Gasteiger partial charge in [0.1, 0.15) is 5.69 Å². The maximum atomic E-state index is 13.8. The quantitative estimate of drug-likeness (QED) is 0.356. The van der Waals surface area contributed by atoms with Crippen molar-refractivity contribution in [2.45, 2.75) is 25.9 Å². The van der Waals surface area contributed by atoms with Crippen molar-refractivity contribution < 1.29 is 13.9 Å². The molecule has 0 spiro atoms. The minimum Gasteiger partial charge on any atom is -0.502 e. The zero-order chi connectivity index (χ0) is 23.7. The highest BCUT2D eigenvalue weighted by Crippen LogP contribution is 2.30. The molecule has 0 bridgehead atoms. The Morgan fingerprint density at radius 1 is 0.818 bits per heavy atom. The maximum absolute atomic E-state index is 13.8. The molecule has 0 aliphatic heterocycles. The summed E-state index contributed by atoms with van der Waals surface area (Å²) >= 11 is 0. The Hall–Kier alpha value is -3.84. The molecule has 0 aliphatic rings. The largest absolute Gasteiger partial charge is 0.502 e. The Kier molecular flexibility index (Phi) is 6.07. The molecule has 4 aromatic carbocycles. The highest BCUT2D eigenvalue weighted by Gasteiger charge is 2.22. The van der Waals surface area contributed by atoms with E-state index >= 15 is 0 Å². The van der Waals surface area contributed by atoms with E-state index in [-0.39, 0.29) is 17.8 Å². The van der Waals surface area contributed by atoms with Crippen molar-refractivity contribution in [3.8, 4) is 5.75 Å². The average Bonchev–Trinajstić information content (AvgIpc) is 2.82. The van der Waals surface area contributed by atoms with Crippen LogP contribution in [-0.4, -0.2) is 5.11 Å². The summed E-state index contributed by atoms with van der Waals surface area (Å²) in [6.45, 7) is 3.84. The molecule has 2 unspecified atom stereocenters. The van der Waals surface area contributed by atoms with Gasteiger partial charge in [0, 0.05) is 11.7 Å². The van der Waals surface area contributed by atoms with Crippen LogP contribution in [0.1, 0.15) is 41.3 Å². The third-order valence-electron chi connectivity index (χ3n) is 5.65. The summed E-state index contributed by atoms with van der Waals surface area (Å²) in [5, 5.41) is 15.9. The first-order valence-electron chi connectivity index (χ1n) is 10.4. The Morgan fingerprint density at radius 3 is 2.18 bits per heavy atom. The first-order chi connectivity index (χ1) is 15.7. The smallest absolute Gasteiger partial charge is 0.271 e. The molecule has 0 fully saturated rings. The van der Waals surface area contributed by atoms with Crippen LogP contribution in [0.5, 0.6) is 5.75 Å². The number of anilines is 2. The molecule has 4 rings (SSSR count). The van der Waals surface area contributed by atoms with Crippen LogP contribution in [0.4, 0.5) is 20.2 Å². The molecule has 168 valence electrons. The van der Waals surface area contributed by atoms with Gasteiger partial charge in [0.2, 0.25) is 0 Å². The number of rotatable bonds is 7. The van der Waals surface area contributed by atoms with Crippen molar-refractivity contribution in [1.29, 1.82) is 0 Å². The number of aromatic hydroxyl groups is 1. The lowest BCUT2D eigenvalue weighted by atomic mass is 9.95. The standard InChI is InChI=1S/C26H22F2N2O3/c1-14-6-8-16(9-7-14)22(29-15(2)17-10-11-20(27)21(28)13-17)18-4-3-5-19(12-18)30-23-24(31)26(33)25(23)32/h3-13,15,22,29-31H,1-2H3. The summed E-state index contributed by atoms with van der Waals surface area (Å²) in [4.78, 5) is 23.0. The molecule has 4 aromatic rings. The molecule has 0 radical (unpaired) electrons. The van der Waals surface area contributed by atoms with Crippen LogP contribution in [0.15, 0.2) is 76.3 Å². The minimum atomic E-state index is -0.910. The van der Waals surface area contributed by atoms with E-state index in [1.54, 1.807) is 18.2 Å². The molecule has 0 saturated carbocycles. The number of nitrogens with one attached hydrogen (secondary N) is 2. The monoisotopic (exact) mass is 448 g/mol. The van der Waals surface area contributed by atoms with E-state index in [2.05, 4.69) is 10.6 Å². The molecule has 3 N–H and O–H groups in total. The third kappa shape index (κ3) is 4.54. The first-order valence-corrected chi connectivity index (χ1v) is 10.4. The number of hydrogen-bond acceptors (Lipinski definition) is 5. The van der Waals surface area contributed by atoms with E-state index in [0.717, 1.165) is 22.8 Å². The second-order valence-electron chi connectivity index (χ2n) is 8.04. The highest BCUT2D eigenvalue weighted by atomic mass is 19.2. The molecule has 0 aliphatic carbocycles.